The molecule has 1 aliphatic rings. The van der Waals surface area contributed by atoms with Crippen LogP contribution in [0.3, 0.4) is 0 Å². The lowest BCUT2D eigenvalue weighted by Crippen LogP contribution is -2.35. The highest BCUT2D eigenvalue weighted by Gasteiger charge is 2.22. The maximum absolute atomic E-state index is 13.0. The lowest BCUT2D eigenvalue weighted by atomic mass is 10.2. The summed E-state index contributed by atoms with van der Waals surface area (Å²) in [5.41, 5.74) is 0.654. The molecule has 1 saturated heterocycles. The molecule has 0 spiro atoms. The molecule has 2 aromatic rings. The van der Waals surface area contributed by atoms with Gasteiger partial charge in [0.2, 0.25) is 5.95 Å². The third-order valence-electron chi connectivity index (χ3n) is 4.92. The van der Waals surface area contributed by atoms with Gasteiger partial charge in [0.1, 0.15) is 5.82 Å². The van der Waals surface area contributed by atoms with Crippen LogP contribution in [0.4, 0.5) is 11.8 Å². The van der Waals surface area contributed by atoms with Gasteiger partial charge in [0, 0.05) is 57.9 Å². The molecule has 0 radical (unpaired) electrons. The molecule has 2 aromatic heterocycles. The van der Waals surface area contributed by atoms with E-state index in [1.54, 1.807) is 18.6 Å². The van der Waals surface area contributed by atoms with Crippen LogP contribution < -0.4 is 9.80 Å². The van der Waals surface area contributed by atoms with Gasteiger partial charge >= 0.3 is 0 Å². The fraction of sp³-hybridized carbons (Fsp3) is 0.524. The first kappa shape index (κ1) is 20.0. The Labute approximate surface area is 167 Å². The van der Waals surface area contributed by atoms with Crippen molar-refractivity contribution in [3.8, 4) is 0 Å². The Kier molecular flexibility index (Phi) is 7.17. The fourth-order valence-electron chi connectivity index (χ4n) is 3.54. The van der Waals surface area contributed by atoms with Crippen molar-refractivity contribution >= 4 is 17.7 Å². The molecule has 0 unspecified atom stereocenters. The maximum Gasteiger partial charge on any atom is 0.255 e. The number of nitrogens with zero attached hydrogens (tertiary/aromatic N) is 6. The van der Waals surface area contributed by atoms with Crippen molar-refractivity contribution in [1.82, 2.24) is 19.9 Å². The predicted octanol–water partition coefficient (Wildman–Crippen LogP) is 2.85. The smallest absolute Gasteiger partial charge is 0.255 e. The molecule has 150 valence electrons. The summed E-state index contributed by atoms with van der Waals surface area (Å²) >= 11 is 0. The SMILES string of the molecule is CCCN(CCC)c1ccc(C(=O)N2CCCN(c3ncccn3)CC2)cn1. The molecule has 0 bridgehead atoms. The summed E-state index contributed by atoms with van der Waals surface area (Å²) in [4.78, 5) is 32.5. The average Bonchev–Trinajstić information content (AvgIpc) is 3.00. The van der Waals surface area contributed by atoms with Gasteiger partial charge in [-0.1, -0.05) is 13.8 Å². The molecular weight excluding hydrogens is 352 g/mol. The van der Waals surface area contributed by atoms with Crippen molar-refractivity contribution in [3.63, 3.8) is 0 Å². The molecule has 28 heavy (non-hydrogen) atoms. The van der Waals surface area contributed by atoms with E-state index in [4.69, 9.17) is 0 Å². The Balaban J connectivity index is 1.63. The van der Waals surface area contributed by atoms with E-state index < -0.39 is 0 Å². The zero-order valence-electron chi connectivity index (χ0n) is 16.9. The zero-order chi connectivity index (χ0) is 19.8. The van der Waals surface area contributed by atoms with Crippen LogP contribution >= 0.6 is 0 Å². The van der Waals surface area contributed by atoms with Gasteiger partial charge in [-0.3, -0.25) is 4.79 Å². The first-order chi connectivity index (χ1) is 13.7. The van der Waals surface area contributed by atoms with Crippen LogP contribution in [0, 0.1) is 0 Å². The minimum absolute atomic E-state index is 0.0485. The van der Waals surface area contributed by atoms with Crippen molar-refractivity contribution < 1.29 is 4.79 Å². The number of pyridine rings is 1. The molecule has 1 fully saturated rings. The Morgan fingerprint density at radius 2 is 1.75 bits per heavy atom. The number of anilines is 2. The third kappa shape index (κ3) is 4.97. The summed E-state index contributed by atoms with van der Waals surface area (Å²) in [7, 11) is 0. The first-order valence-electron chi connectivity index (χ1n) is 10.2. The van der Waals surface area contributed by atoms with Crippen LogP contribution in [-0.2, 0) is 0 Å². The molecule has 7 nitrogen and oxygen atoms in total. The van der Waals surface area contributed by atoms with Gasteiger partial charge in [0.25, 0.3) is 5.91 Å². The van der Waals surface area contributed by atoms with Gasteiger partial charge in [0.05, 0.1) is 5.56 Å². The number of amides is 1. The van der Waals surface area contributed by atoms with Crippen LogP contribution in [0.1, 0.15) is 43.5 Å². The minimum atomic E-state index is 0.0485. The normalized spacial score (nSPS) is 14.6. The Morgan fingerprint density at radius 3 is 2.39 bits per heavy atom. The number of aromatic nitrogens is 3. The lowest BCUT2D eigenvalue weighted by molar-refractivity contribution is 0.0766. The van der Waals surface area contributed by atoms with Crippen molar-refractivity contribution in [3.05, 3.63) is 42.4 Å². The molecule has 3 heterocycles. The second kappa shape index (κ2) is 10.0. The number of hydrogen-bond acceptors (Lipinski definition) is 6. The maximum atomic E-state index is 13.0. The summed E-state index contributed by atoms with van der Waals surface area (Å²) in [6.07, 6.45) is 8.29. The van der Waals surface area contributed by atoms with E-state index in [0.29, 0.717) is 12.1 Å². The van der Waals surface area contributed by atoms with Gasteiger partial charge in [0.15, 0.2) is 0 Å². The molecule has 3 rings (SSSR count). The van der Waals surface area contributed by atoms with Crippen molar-refractivity contribution in [2.24, 2.45) is 0 Å². The van der Waals surface area contributed by atoms with Crippen LogP contribution in [0.5, 0.6) is 0 Å². The monoisotopic (exact) mass is 382 g/mol. The standard InChI is InChI=1S/C21H30N6O/c1-3-11-25(12-4-2)19-8-7-18(17-24-19)20(28)26-13-6-14-27(16-15-26)21-22-9-5-10-23-21/h5,7-10,17H,3-4,6,11-16H2,1-2H3. The predicted molar refractivity (Wildman–Crippen MR) is 112 cm³/mol. The zero-order valence-corrected chi connectivity index (χ0v) is 16.9. The number of carbonyl (C=O) groups excluding carboxylic acids is 1. The highest BCUT2D eigenvalue weighted by molar-refractivity contribution is 5.94. The van der Waals surface area contributed by atoms with E-state index in [9.17, 15) is 4.79 Å². The van der Waals surface area contributed by atoms with E-state index in [-0.39, 0.29) is 5.91 Å². The second-order valence-electron chi connectivity index (χ2n) is 7.07. The lowest BCUT2D eigenvalue weighted by Gasteiger charge is -2.24. The summed E-state index contributed by atoms with van der Waals surface area (Å²) in [5, 5.41) is 0. The van der Waals surface area contributed by atoms with Gasteiger partial charge in [-0.15, -0.1) is 0 Å². The quantitative estimate of drug-likeness (QED) is 0.734. The van der Waals surface area contributed by atoms with Gasteiger partial charge in [-0.25, -0.2) is 15.0 Å². The molecule has 1 amide bonds. The number of rotatable bonds is 7. The number of hydrogen-bond donors (Lipinski definition) is 0. The topological polar surface area (TPSA) is 65.5 Å². The molecule has 0 saturated carbocycles. The average molecular weight is 383 g/mol. The van der Waals surface area contributed by atoms with Gasteiger partial charge in [-0.2, -0.15) is 0 Å². The molecule has 0 aromatic carbocycles. The van der Waals surface area contributed by atoms with Crippen molar-refractivity contribution in [2.45, 2.75) is 33.1 Å². The van der Waals surface area contributed by atoms with E-state index in [1.165, 1.54) is 0 Å². The summed E-state index contributed by atoms with van der Waals surface area (Å²) in [6, 6.07) is 5.70. The van der Waals surface area contributed by atoms with Crippen LogP contribution in [-0.4, -0.2) is 65.0 Å². The van der Waals surface area contributed by atoms with E-state index in [0.717, 1.165) is 63.8 Å². The fourth-order valence-corrected chi connectivity index (χ4v) is 3.54. The molecule has 0 atom stereocenters. The van der Waals surface area contributed by atoms with Crippen LogP contribution in [0.2, 0.25) is 0 Å². The van der Waals surface area contributed by atoms with Gasteiger partial charge < -0.3 is 14.7 Å². The third-order valence-corrected chi connectivity index (χ3v) is 4.92. The summed E-state index contributed by atoms with van der Waals surface area (Å²) < 4.78 is 0. The highest BCUT2D eigenvalue weighted by atomic mass is 16.2. The minimum Gasteiger partial charge on any atom is -0.357 e. The Bertz CT molecular complexity index is 730. The van der Waals surface area contributed by atoms with Crippen molar-refractivity contribution in [2.75, 3.05) is 49.1 Å². The highest BCUT2D eigenvalue weighted by Crippen LogP contribution is 2.16. The molecule has 0 aliphatic carbocycles. The summed E-state index contributed by atoms with van der Waals surface area (Å²) in [5.74, 6) is 1.73. The largest absolute Gasteiger partial charge is 0.357 e. The number of carbonyl (C=O) groups is 1. The molecular formula is C21H30N6O. The van der Waals surface area contributed by atoms with Crippen LogP contribution in [0.25, 0.3) is 0 Å². The van der Waals surface area contributed by atoms with Crippen molar-refractivity contribution in [1.29, 1.82) is 0 Å². The van der Waals surface area contributed by atoms with Gasteiger partial charge in [-0.05, 0) is 37.5 Å². The molecule has 0 N–H and O–H groups in total. The van der Waals surface area contributed by atoms with E-state index in [2.05, 4.69) is 38.6 Å². The van der Waals surface area contributed by atoms with Crippen LogP contribution in [0.15, 0.2) is 36.8 Å². The summed E-state index contributed by atoms with van der Waals surface area (Å²) in [6.45, 7) is 9.30. The second-order valence-corrected chi connectivity index (χ2v) is 7.07. The van der Waals surface area contributed by atoms with E-state index >= 15 is 0 Å². The molecule has 1 aliphatic heterocycles. The Hall–Kier alpha value is -2.70. The molecule has 7 heteroatoms. The first-order valence-corrected chi connectivity index (χ1v) is 10.2. The van der Waals surface area contributed by atoms with E-state index in [1.807, 2.05) is 23.1 Å². The Morgan fingerprint density at radius 1 is 1.00 bits per heavy atom.